The number of aliphatic hydroxyl groups is 1. The largest absolute Gasteiger partial charge is 0.418 e. The number of fused-ring (bicyclic) bond motifs is 1. The molecule has 1 atom stereocenters. The molecule has 1 N–H and O–H groups in total. The van der Waals surface area contributed by atoms with Gasteiger partial charge in [-0.05, 0) is 35.6 Å². The number of alkyl halides is 3. The molecule has 0 spiro atoms. The zero-order valence-electron chi connectivity index (χ0n) is 16.9. The van der Waals surface area contributed by atoms with E-state index in [1.165, 1.54) is 18.2 Å². The average Bonchev–Trinajstić information content (AvgIpc) is 2.78. The summed E-state index contributed by atoms with van der Waals surface area (Å²) in [5.74, 6) is -0.318. The van der Waals surface area contributed by atoms with Crippen LogP contribution in [0.1, 0.15) is 23.7 Å². The van der Waals surface area contributed by atoms with Gasteiger partial charge in [-0.15, -0.1) is 0 Å². The van der Waals surface area contributed by atoms with Crippen LogP contribution in [0.2, 0.25) is 0 Å². The Hall–Kier alpha value is -2.64. The SMILES string of the molecule is OC(CCN1CCN(c2ccccc2C(F)(F)F)CC1)c1ccc(F)c2ccccc12. The lowest BCUT2D eigenvalue weighted by molar-refractivity contribution is -0.137. The van der Waals surface area contributed by atoms with Crippen molar-refractivity contribution in [2.75, 3.05) is 37.6 Å². The predicted molar refractivity (Wildman–Crippen MR) is 114 cm³/mol. The van der Waals surface area contributed by atoms with Crippen molar-refractivity contribution < 1.29 is 22.7 Å². The molecule has 3 aromatic carbocycles. The highest BCUT2D eigenvalue weighted by Gasteiger charge is 2.35. The highest BCUT2D eigenvalue weighted by molar-refractivity contribution is 5.86. The molecule has 164 valence electrons. The minimum absolute atomic E-state index is 0.215. The van der Waals surface area contributed by atoms with Gasteiger partial charge in [-0.2, -0.15) is 13.2 Å². The van der Waals surface area contributed by atoms with Gasteiger partial charge in [-0.25, -0.2) is 4.39 Å². The molecule has 31 heavy (non-hydrogen) atoms. The first-order chi connectivity index (χ1) is 14.8. The van der Waals surface area contributed by atoms with Gasteiger partial charge >= 0.3 is 6.18 Å². The van der Waals surface area contributed by atoms with Crippen molar-refractivity contribution in [1.82, 2.24) is 4.90 Å². The summed E-state index contributed by atoms with van der Waals surface area (Å²) in [5, 5.41) is 11.9. The normalized spacial score (nSPS) is 16.6. The minimum atomic E-state index is -4.38. The lowest BCUT2D eigenvalue weighted by Gasteiger charge is -2.37. The molecule has 3 nitrogen and oxygen atoms in total. The van der Waals surface area contributed by atoms with Crippen LogP contribution >= 0.6 is 0 Å². The third-order valence-corrected chi connectivity index (χ3v) is 5.90. The van der Waals surface area contributed by atoms with Crippen LogP contribution in [0.5, 0.6) is 0 Å². The third-order valence-electron chi connectivity index (χ3n) is 5.90. The summed E-state index contributed by atoms with van der Waals surface area (Å²) in [5.41, 5.74) is 0.296. The highest BCUT2D eigenvalue weighted by atomic mass is 19.4. The molecule has 0 aromatic heterocycles. The minimum Gasteiger partial charge on any atom is -0.388 e. The van der Waals surface area contributed by atoms with Gasteiger partial charge in [-0.3, -0.25) is 4.90 Å². The fourth-order valence-electron chi connectivity index (χ4n) is 4.24. The molecule has 1 aliphatic heterocycles. The van der Waals surface area contributed by atoms with Crippen LogP contribution < -0.4 is 4.90 Å². The number of aliphatic hydroxyl groups excluding tert-OH is 1. The number of para-hydroxylation sites is 1. The number of piperazine rings is 1. The van der Waals surface area contributed by atoms with E-state index in [-0.39, 0.29) is 11.5 Å². The van der Waals surface area contributed by atoms with Crippen molar-refractivity contribution in [1.29, 1.82) is 0 Å². The van der Waals surface area contributed by atoms with Crippen LogP contribution in [-0.4, -0.2) is 42.7 Å². The first-order valence-electron chi connectivity index (χ1n) is 10.3. The predicted octanol–water partition coefficient (Wildman–Crippen LogP) is 5.24. The second kappa shape index (κ2) is 8.85. The van der Waals surface area contributed by atoms with Crippen molar-refractivity contribution >= 4 is 16.5 Å². The van der Waals surface area contributed by atoms with Gasteiger partial charge in [0.15, 0.2) is 0 Å². The monoisotopic (exact) mass is 432 g/mol. The second-order valence-electron chi connectivity index (χ2n) is 7.83. The smallest absolute Gasteiger partial charge is 0.388 e. The maximum absolute atomic E-state index is 14.0. The maximum Gasteiger partial charge on any atom is 0.418 e. The topological polar surface area (TPSA) is 26.7 Å². The van der Waals surface area contributed by atoms with E-state index in [0.29, 0.717) is 55.5 Å². The molecule has 0 bridgehead atoms. The van der Waals surface area contributed by atoms with E-state index in [1.54, 1.807) is 35.2 Å². The maximum atomic E-state index is 14.0. The number of benzene rings is 3. The lowest BCUT2D eigenvalue weighted by atomic mass is 9.98. The van der Waals surface area contributed by atoms with Crippen molar-refractivity contribution in [3.8, 4) is 0 Å². The Morgan fingerprint density at radius 3 is 2.19 bits per heavy atom. The van der Waals surface area contributed by atoms with Crippen molar-refractivity contribution in [3.05, 3.63) is 77.6 Å². The molecule has 7 heteroatoms. The Morgan fingerprint density at radius 2 is 1.48 bits per heavy atom. The standard InChI is InChI=1S/C24H24F4N2O/c25-21-10-9-19(17-5-1-2-6-18(17)21)23(31)11-12-29-13-15-30(16-14-29)22-8-4-3-7-20(22)24(26,27)28/h1-10,23,31H,11-16H2. The van der Waals surface area contributed by atoms with Crippen molar-refractivity contribution in [2.24, 2.45) is 0 Å². The van der Waals surface area contributed by atoms with Crippen LogP contribution in [0.3, 0.4) is 0 Å². The van der Waals surface area contributed by atoms with Gasteiger partial charge in [-0.1, -0.05) is 42.5 Å². The van der Waals surface area contributed by atoms with E-state index in [4.69, 9.17) is 0 Å². The Bertz CT molecular complexity index is 1050. The first-order valence-corrected chi connectivity index (χ1v) is 10.3. The average molecular weight is 432 g/mol. The highest BCUT2D eigenvalue weighted by Crippen LogP contribution is 2.36. The van der Waals surface area contributed by atoms with Crippen LogP contribution in [0.25, 0.3) is 10.8 Å². The summed E-state index contributed by atoms with van der Waals surface area (Å²) >= 11 is 0. The van der Waals surface area contributed by atoms with E-state index in [1.807, 2.05) is 6.07 Å². The number of halogens is 4. The van der Waals surface area contributed by atoms with Gasteiger partial charge in [0.1, 0.15) is 5.82 Å². The lowest BCUT2D eigenvalue weighted by Crippen LogP contribution is -2.47. The molecule has 3 aromatic rings. The zero-order chi connectivity index (χ0) is 22.0. The summed E-state index contributed by atoms with van der Waals surface area (Å²) in [6.45, 7) is 2.82. The molecule has 1 aliphatic rings. The van der Waals surface area contributed by atoms with Gasteiger partial charge in [0.2, 0.25) is 0 Å². The summed E-state index contributed by atoms with van der Waals surface area (Å²) in [6, 6.07) is 15.7. The molecular formula is C24H24F4N2O. The molecule has 1 saturated heterocycles. The van der Waals surface area contributed by atoms with Crippen LogP contribution in [-0.2, 0) is 6.18 Å². The molecule has 0 aliphatic carbocycles. The molecule has 0 radical (unpaired) electrons. The van der Waals surface area contributed by atoms with Crippen molar-refractivity contribution in [3.63, 3.8) is 0 Å². The number of nitrogens with zero attached hydrogens (tertiary/aromatic N) is 2. The second-order valence-corrected chi connectivity index (χ2v) is 7.83. The summed E-state index contributed by atoms with van der Waals surface area (Å²) in [6.07, 6.45) is -4.65. The van der Waals surface area contributed by atoms with Crippen LogP contribution in [0.15, 0.2) is 60.7 Å². The van der Waals surface area contributed by atoms with Gasteiger partial charge in [0.25, 0.3) is 0 Å². The Labute approximate surface area is 178 Å². The molecule has 0 amide bonds. The quantitative estimate of drug-likeness (QED) is 0.559. The number of hydrogen-bond donors (Lipinski definition) is 1. The Morgan fingerprint density at radius 1 is 0.839 bits per heavy atom. The van der Waals surface area contributed by atoms with E-state index in [9.17, 15) is 22.7 Å². The van der Waals surface area contributed by atoms with E-state index in [0.717, 1.165) is 6.07 Å². The van der Waals surface area contributed by atoms with E-state index in [2.05, 4.69) is 4.90 Å². The summed E-state index contributed by atoms with van der Waals surface area (Å²) in [7, 11) is 0. The summed E-state index contributed by atoms with van der Waals surface area (Å²) < 4.78 is 53.9. The summed E-state index contributed by atoms with van der Waals surface area (Å²) in [4.78, 5) is 3.91. The van der Waals surface area contributed by atoms with Crippen molar-refractivity contribution in [2.45, 2.75) is 18.7 Å². The molecule has 1 unspecified atom stereocenters. The first kappa shape index (κ1) is 21.6. The van der Waals surface area contributed by atoms with Crippen LogP contribution in [0, 0.1) is 5.82 Å². The van der Waals surface area contributed by atoms with Gasteiger partial charge in [0.05, 0.1) is 11.7 Å². The number of anilines is 1. The molecule has 0 saturated carbocycles. The fourth-order valence-corrected chi connectivity index (χ4v) is 4.24. The Kier molecular flexibility index (Phi) is 6.16. The molecular weight excluding hydrogens is 408 g/mol. The zero-order valence-corrected chi connectivity index (χ0v) is 16.9. The van der Waals surface area contributed by atoms with E-state index < -0.39 is 17.8 Å². The molecule has 1 heterocycles. The third kappa shape index (κ3) is 4.67. The molecule has 1 fully saturated rings. The van der Waals surface area contributed by atoms with Gasteiger partial charge < -0.3 is 10.0 Å². The number of rotatable bonds is 5. The fraction of sp³-hybridized carbons (Fsp3) is 0.333. The van der Waals surface area contributed by atoms with Gasteiger partial charge in [0, 0.05) is 43.8 Å². The molecule has 4 rings (SSSR count). The Balaban J connectivity index is 1.37. The number of hydrogen-bond acceptors (Lipinski definition) is 3. The van der Waals surface area contributed by atoms with E-state index >= 15 is 0 Å². The van der Waals surface area contributed by atoms with Crippen LogP contribution in [0.4, 0.5) is 23.2 Å².